The molecule has 1 heterocycles. The summed E-state index contributed by atoms with van der Waals surface area (Å²) in [6.07, 6.45) is 0. The van der Waals surface area contributed by atoms with Crippen LogP contribution in [0.25, 0.3) is 11.1 Å². The molecule has 0 spiro atoms. The van der Waals surface area contributed by atoms with Crippen molar-refractivity contribution >= 4 is 34.7 Å². The van der Waals surface area contributed by atoms with E-state index in [4.69, 9.17) is 0 Å². The number of aromatic carboxylic acids is 1. The predicted molar refractivity (Wildman–Crippen MR) is 137 cm³/mol. The Balaban J connectivity index is 1.66. The lowest BCUT2D eigenvalue weighted by Gasteiger charge is -2.13. The molecular formula is C27H26N4O4. The minimum absolute atomic E-state index is 0.0604. The maximum absolute atomic E-state index is 13.2. The number of aromatic hydroxyl groups is 1. The van der Waals surface area contributed by atoms with Gasteiger partial charge in [0.2, 0.25) is 0 Å². The van der Waals surface area contributed by atoms with Gasteiger partial charge in [0.1, 0.15) is 5.75 Å². The lowest BCUT2D eigenvalue weighted by atomic mass is 10.0. The number of carbonyl (C=O) groups is 2. The summed E-state index contributed by atoms with van der Waals surface area (Å²) in [5.41, 5.74) is 7.69. The van der Waals surface area contributed by atoms with E-state index in [0.717, 1.165) is 11.1 Å². The molecule has 8 nitrogen and oxygen atoms in total. The normalized spacial score (nSPS) is 14.5. The quantitative estimate of drug-likeness (QED) is 0.338. The van der Waals surface area contributed by atoms with Crippen LogP contribution >= 0.6 is 0 Å². The van der Waals surface area contributed by atoms with E-state index in [1.54, 1.807) is 30.3 Å². The fourth-order valence-corrected chi connectivity index (χ4v) is 3.74. The molecule has 0 bridgehead atoms. The molecule has 0 saturated carbocycles. The van der Waals surface area contributed by atoms with Gasteiger partial charge in [-0.2, -0.15) is 15.2 Å². The molecule has 35 heavy (non-hydrogen) atoms. The summed E-state index contributed by atoms with van der Waals surface area (Å²) in [7, 11) is 0. The van der Waals surface area contributed by atoms with Crippen molar-refractivity contribution < 1.29 is 19.8 Å². The number of nitrogens with one attached hydrogen (secondary N) is 1. The number of phenolic OH excluding ortho intramolecular Hbond substituents is 1. The van der Waals surface area contributed by atoms with Crippen LogP contribution in [0.15, 0.2) is 70.9 Å². The summed E-state index contributed by atoms with van der Waals surface area (Å²) in [6.45, 7) is 7.84. The average molecular weight is 471 g/mol. The summed E-state index contributed by atoms with van der Waals surface area (Å²) < 4.78 is 0. The van der Waals surface area contributed by atoms with E-state index in [9.17, 15) is 19.8 Å². The third-order valence-corrected chi connectivity index (χ3v) is 5.87. The highest BCUT2D eigenvalue weighted by molar-refractivity contribution is 6.72. The molecule has 0 aromatic heterocycles. The number of hydrogen-bond donors (Lipinski definition) is 3. The second-order valence-corrected chi connectivity index (χ2v) is 8.69. The molecule has 8 heteroatoms. The zero-order valence-electron chi connectivity index (χ0n) is 19.9. The monoisotopic (exact) mass is 470 g/mol. The SMILES string of the molecule is Cc1ccc(N2N=C(C(C)C)/C(=N/Nc3cccc(-c4cccc(C(=O)O)c4)c3O)C2=O)cc1C. The van der Waals surface area contributed by atoms with E-state index in [2.05, 4.69) is 15.6 Å². The van der Waals surface area contributed by atoms with Crippen molar-refractivity contribution in [3.63, 3.8) is 0 Å². The summed E-state index contributed by atoms with van der Waals surface area (Å²) in [5, 5.41) is 30.3. The topological polar surface area (TPSA) is 115 Å². The van der Waals surface area contributed by atoms with Gasteiger partial charge in [-0.05, 0) is 66.8 Å². The van der Waals surface area contributed by atoms with Crippen molar-refractivity contribution in [3.05, 3.63) is 77.4 Å². The first-order valence-corrected chi connectivity index (χ1v) is 11.2. The smallest absolute Gasteiger partial charge is 0.335 e. The Kier molecular flexibility index (Phi) is 6.38. The number of anilines is 2. The van der Waals surface area contributed by atoms with Gasteiger partial charge in [-0.3, -0.25) is 10.2 Å². The Morgan fingerprint density at radius 3 is 2.46 bits per heavy atom. The standard InChI is InChI=1S/C27H26N4O4/c1-15(2)23-24(26(33)31(30-23)20-12-11-16(3)17(4)13-20)29-28-22-10-6-9-21(25(22)32)18-7-5-8-19(14-18)27(34)35/h5-15,28,32H,1-4H3,(H,34,35)/b29-24-. The second-order valence-electron chi connectivity index (χ2n) is 8.69. The maximum atomic E-state index is 13.2. The molecule has 0 atom stereocenters. The van der Waals surface area contributed by atoms with Gasteiger partial charge < -0.3 is 10.2 Å². The lowest BCUT2D eigenvalue weighted by Crippen LogP contribution is -2.29. The number of nitrogens with zero attached hydrogens (tertiary/aromatic N) is 3. The van der Waals surface area contributed by atoms with E-state index in [-0.39, 0.29) is 34.5 Å². The Bertz CT molecular complexity index is 1390. The molecule has 0 fully saturated rings. The van der Waals surface area contributed by atoms with Crippen LogP contribution in [0.5, 0.6) is 5.75 Å². The number of aryl methyl sites for hydroxylation is 2. The molecule has 1 aliphatic heterocycles. The molecule has 0 unspecified atom stereocenters. The Morgan fingerprint density at radius 1 is 1.03 bits per heavy atom. The maximum Gasteiger partial charge on any atom is 0.335 e. The first-order valence-electron chi connectivity index (χ1n) is 11.2. The molecular weight excluding hydrogens is 444 g/mol. The van der Waals surface area contributed by atoms with Gasteiger partial charge in [-0.25, -0.2) is 4.79 Å². The highest BCUT2D eigenvalue weighted by atomic mass is 16.4. The molecule has 1 aliphatic rings. The van der Waals surface area contributed by atoms with Gasteiger partial charge in [-0.15, -0.1) is 0 Å². The van der Waals surface area contributed by atoms with Gasteiger partial charge in [0, 0.05) is 5.56 Å². The van der Waals surface area contributed by atoms with Crippen LogP contribution in [-0.2, 0) is 4.79 Å². The number of phenols is 1. The minimum Gasteiger partial charge on any atom is -0.505 e. The summed E-state index contributed by atoms with van der Waals surface area (Å²) in [5.74, 6) is -1.59. The zero-order valence-corrected chi connectivity index (χ0v) is 19.9. The van der Waals surface area contributed by atoms with Gasteiger partial charge in [0.05, 0.1) is 22.6 Å². The second kappa shape index (κ2) is 9.42. The third kappa shape index (κ3) is 4.63. The fourth-order valence-electron chi connectivity index (χ4n) is 3.74. The van der Waals surface area contributed by atoms with Crippen molar-refractivity contribution in [1.82, 2.24) is 0 Å². The Morgan fingerprint density at radius 2 is 1.77 bits per heavy atom. The molecule has 0 radical (unpaired) electrons. The molecule has 1 amide bonds. The van der Waals surface area contributed by atoms with Crippen molar-refractivity contribution in [3.8, 4) is 16.9 Å². The average Bonchev–Trinajstić information content (AvgIpc) is 3.16. The van der Waals surface area contributed by atoms with Crippen LogP contribution in [0, 0.1) is 19.8 Å². The lowest BCUT2D eigenvalue weighted by molar-refractivity contribution is -0.112. The predicted octanol–water partition coefficient (Wildman–Crippen LogP) is 5.20. The number of benzene rings is 3. The largest absolute Gasteiger partial charge is 0.505 e. The van der Waals surface area contributed by atoms with Crippen LogP contribution in [0.2, 0.25) is 0 Å². The number of para-hydroxylation sites is 1. The molecule has 3 aromatic rings. The van der Waals surface area contributed by atoms with Crippen molar-refractivity contribution in [1.29, 1.82) is 0 Å². The number of hydrazone groups is 2. The van der Waals surface area contributed by atoms with Crippen LogP contribution in [0.3, 0.4) is 0 Å². The number of carboxylic acids is 1. The Hall–Kier alpha value is -4.46. The molecule has 3 aromatic carbocycles. The minimum atomic E-state index is -1.06. The third-order valence-electron chi connectivity index (χ3n) is 5.87. The number of amides is 1. The van der Waals surface area contributed by atoms with E-state index in [1.165, 1.54) is 17.1 Å². The van der Waals surface area contributed by atoms with Crippen LogP contribution in [0.4, 0.5) is 11.4 Å². The van der Waals surface area contributed by atoms with Gasteiger partial charge in [-0.1, -0.05) is 44.2 Å². The molecule has 178 valence electrons. The first-order chi connectivity index (χ1) is 16.7. The van der Waals surface area contributed by atoms with E-state index in [0.29, 0.717) is 22.5 Å². The van der Waals surface area contributed by atoms with E-state index >= 15 is 0 Å². The highest BCUT2D eigenvalue weighted by Crippen LogP contribution is 2.36. The fraction of sp³-hybridized carbons (Fsp3) is 0.185. The van der Waals surface area contributed by atoms with Crippen LogP contribution in [0.1, 0.15) is 35.3 Å². The van der Waals surface area contributed by atoms with Gasteiger partial charge in [0.15, 0.2) is 5.71 Å². The van der Waals surface area contributed by atoms with Crippen molar-refractivity contribution in [2.75, 3.05) is 10.4 Å². The van der Waals surface area contributed by atoms with Gasteiger partial charge >= 0.3 is 11.9 Å². The van der Waals surface area contributed by atoms with Crippen LogP contribution in [-0.4, -0.2) is 33.5 Å². The van der Waals surface area contributed by atoms with E-state index < -0.39 is 5.97 Å². The summed E-state index contributed by atoms with van der Waals surface area (Å²) in [4.78, 5) is 24.6. The number of carboxylic acid groups (broad SMARTS) is 1. The number of carbonyl (C=O) groups excluding carboxylic acids is 1. The van der Waals surface area contributed by atoms with Crippen molar-refractivity contribution in [2.24, 2.45) is 16.1 Å². The van der Waals surface area contributed by atoms with Crippen molar-refractivity contribution in [2.45, 2.75) is 27.7 Å². The number of hydrogen-bond acceptors (Lipinski definition) is 6. The zero-order chi connectivity index (χ0) is 25.3. The van der Waals surface area contributed by atoms with Gasteiger partial charge in [0.25, 0.3) is 0 Å². The summed E-state index contributed by atoms with van der Waals surface area (Å²) in [6, 6.07) is 17.0. The first kappa shape index (κ1) is 23.7. The van der Waals surface area contributed by atoms with E-state index in [1.807, 2.05) is 45.9 Å². The Labute approximate surface area is 203 Å². The molecule has 3 N–H and O–H groups in total. The molecule has 0 aliphatic carbocycles. The van der Waals surface area contributed by atoms with Crippen LogP contribution < -0.4 is 10.4 Å². The highest BCUT2D eigenvalue weighted by Gasteiger charge is 2.34. The number of rotatable bonds is 6. The molecule has 4 rings (SSSR count). The molecule has 0 saturated heterocycles. The summed E-state index contributed by atoms with van der Waals surface area (Å²) >= 11 is 0.